The van der Waals surface area contributed by atoms with Gasteiger partial charge < -0.3 is 25.2 Å². The number of carbonyl (C=O) groups is 2. The maximum Gasteiger partial charge on any atom is 0.226 e. The summed E-state index contributed by atoms with van der Waals surface area (Å²) >= 11 is 0. The van der Waals surface area contributed by atoms with Gasteiger partial charge in [0.15, 0.2) is 11.6 Å². The first-order valence-corrected chi connectivity index (χ1v) is 9.22. The Bertz CT molecular complexity index is 657. The number of rotatable bonds is 8. The molecule has 1 aromatic rings. The first-order valence-electron chi connectivity index (χ1n) is 9.22. The third kappa shape index (κ3) is 5.12. The standard InChI is InChI=1S/C18H29FN6O2/c1-23(2)18(27)13-7-9-25(17-15(19)16(20)21-12-22-17)11-14(13)24(3)8-5-4-6-10-26/h10,12-14H,4-9,11H2,1-3H3,(H2,20,21,22)/t13-,14?/m0/s1. The number of nitrogen functional groups attached to an aromatic ring is 1. The summed E-state index contributed by atoms with van der Waals surface area (Å²) in [5.41, 5.74) is 5.58. The SMILES string of the molecule is CN(C)C(=O)[C@H]1CCN(c2ncnc(N)c2F)CC1N(C)CCCCC=O. The summed E-state index contributed by atoms with van der Waals surface area (Å²) in [7, 11) is 5.47. The van der Waals surface area contributed by atoms with E-state index in [1.54, 1.807) is 19.0 Å². The minimum absolute atomic E-state index is 0.0714. The summed E-state index contributed by atoms with van der Waals surface area (Å²) in [5, 5.41) is 0. The van der Waals surface area contributed by atoms with E-state index in [0.717, 1.165) is 25.7 Å². The molecule has 1 aromatic heterocycles. The zero-order chi connectivity index (χ0) is 20.0. The number of unbranched alkanes of at least 4 members (excludes halogenated alkanes) is 2. The van der Waals surface area contributed by atoms with Crippen LogP contribution in [0.2, 0.25) is 0 Å². The minimum atomic E-state index is -0.623. The topological polar surface area (TPSA) is 95.7 Å². The second kappa shape index (κ2) is 9.59. The van der Waals surface area contributed by atoms with Gasteiger partial charge in [0.2, 0.25) is 11.7 Å². The lowest BCUT2D eigenvalue weighted by molar-refractivity contribution is -0.135. The molecule has 2 rings (SSSR count). The fraction of sp³-hybridized carbons (Fsp3) is 0.667. The van der Waals surface area contributed by atoms with Gasteiger partial charge in [-0.2, -0.15) is 4.39 Å². The highest BCUT2D eigenvalue weighted by Gasteiger charge is 2.38. The lowest BCUT2D eigenvalue weighted by Gasteiger charge is -2.43. The van der Waals surface area contributed by atoms with Crippen LogP contribution in [0.3, 0.4) is 0 Å². The number of hydrogen-bond donors (Lipinski definition) is 1. The minimum Gasteiger partial charge on any atom is -0.381 e. The van der Waals surface area contributed by atoms with Crippen LogP contribution in [0.4, 0.5) is 16.0 Å². The van der Waals surface area contributed by atoms with E-state index in [-0.39, 0.29) is 29.5 Å². The molecule has 8 nitrogen and oxygen atoms in total. The van der Waals surface area contributed by atoms with E-state index in [4.69, 9.17) is 5.73 Å². The van der Waals surface area contributed by atoms with E-state index in [1.165, 1.54) is 6.33 Å². The molecule has 2 N–H and O–H groups in total. The highest BCUT2D eigenvalue weighted by atomic mass is 19.1. The Balaban J connectivity index is 2.17. The predicted octanol–water partition coefficient (Wildman–Crippen LogP) is 0.782. The van der Waals surface area contributed by atoms with Crippen LogP contribution < -0.4 is 10.6 Å². The molecule has 2 heterocycles. The lowest BCUT2D eigenvalue weighted by atomic mass is 9.89. The smallest absolute Gasteiger partial charge is 0.226 e. The molecule has 9 heteroatoms. The van der Waals surface area contributed by atoms with Crippen LogP contribution in [0.1, 0.15) is 25.7 Å². The molecule has 0 saturated carbocycles. The number of amides is 1. The number of likely N-dealkylation sites (N-methyl/N-ethyl adjacent to an activating group) is 1. The van der Waals surface area contributed by atoms with Crippen LogP contribution in [0.5, 0.6) is 0 Å². The maximum atomic E-state index is 14.4. The quantitative estimate of drug-likeness (QED) is 0.526. The molecular weight excluding hydrogens is 351 g/mol. The zero-order valence-electron chi connectivity index (χ0n) is 16.3. The molecule has 0 radical (unpaired) electrons. The fourth-order valence-corrected chi connectivity index (χ4v) is 3.54. The molecule has 1 saturated heterocycles. The number of nitrogens with two attached hydrogens (primary N) is 1. The Kier molecular flexibility index (Phi) is 7.46. The lowest BCUT2D eigenvalue weighted by Crippen LogP contribution is -2.56. The number of aldehydes is 1. The van der Waals surface area contributed by atoms with Crippen molar-refractivity contribution in [3.05, 3.63) is 12.1 Å². The van der Waals surface area contributed by atoms with Crippen molar-refractivity contribution < 1.29 is 14.0 Å². The molecule has 0 spiro atoms. The van der Waals surface area contributed by atoms with E-state index < -0.39 is 5.82 Å². The number of anilines is 2. The fourth-order valence-electron chi connectivity index (χ4n) is 3.54. The Morgan fingerprint density at radius 2 is 2.11 bits per heavy atom. The van der Waals surface area contributed by atoms with Gasteiger partial charge in [0.25, 0.3) is 0 Å². The van der Waals surface area contributed by atoms with Gasteiger partial charge in [-0.25, -0.2) is 9.97 Å². The van der Waals surface area contributed by atoms with Gasteiger partial charge in [-0.15, -0.1) is 0 Å². The van der Waals surface area contributed by atoms with E-state index in [9.17, 15) is 14.0 Å². The molecular formula is C18H29FN6O2. The van der Waals surface area contributed by atoms with E-state index in [2.05, 4.69) is 14.9 Å². The normalized spacial score (nSPS) is 20.0. The van der Waals surface area contributed by atoms with Gasteiger partial charge in [0.05, 0.1) is 5.92 Å². The highest BCUT2D eigenvalue weighted by Crippen LogP contribution is 2.28. The van der Waals surface area contributed by atoms with Crippen LogP contribution in [-0.4, -0.2) is 78.8 Å². The molecule has 2 atom stereocenters. The first kappa shape index (κ1) is 21.0. The molecule has 1 fully saturated rings. The van der Waals surface area contributed by atoms with Crippen molar-refractivity contribution in [1.29, 1.82) is 0 Å². The molecule has 1 amide bonds. The van der Waals surface area contributed by atoms with Crippen molar-refractivity contribution in [3.63, 3.8) is 0 Å². The molecule has 150 valence electrons. The van der Waals surface area contributed by atoms with Crippen molar-refractivity contribution >= 4 is 23.8 Å². The van der Waals surface area contributed by atoms with Gasteiger partial charge in [0, 0.05) is 39.6 Å². The van der Waals surface area contributed by atoms with Crippen LogP contribution in [0, 0.1) is 11.7 Å². The van der Waals surface area contributed by atoms with Gasteiger partial charge in [0.1, 0.15) is 12.6 Å². The molecule has 1 aliphatic heterocycles. The number of carbonyl (C=O) groups excluding carboxylic acids is 2. The van der Waals surface area contributed by atoms with E-state index in [1.807, 2.05) is 11.9 Å². The summed E-state index contributed by atoms with van der Waals surface area (Å²) in [4.78, 5) is 36.5. The summed E-state index contributed by atoms with van der Waals surface area (Å²) in [6.07, 6.45) is 4.99. The van der Waals surface area contributed by atoms with Crippen LogP contribution >= 0.6 is 0 Å². The first-order chi connectivity index (χ1) is 12.9. The number of halogens is 1. The number of piperidine rings is 1. The Morgan fingerprint density at radius 3 is 2.78 bits per heavy atom. The Hall–Kier alpha value is -2.29. The summed E-state index contributed by atoms with van der Waals surface area (Å²) in [6.45, 7) is 1.76. The third-order valence-electron chi connectivity index (χ3n) is 5.09. The molecule has 27 heavy (non-hydrogen) atoms. The van der Waals surface area contributed by atoms with Crippen LogP contribution in [0.15, 0.2) is 6.33 Å². The molecule has 0 aliphatic carbocycles. The molecule has 1 unspecified atom stereocenters. The zero-order valence-corrected chi connectivity index (χ0v) is 16.3. The number of hydrogen-bond acceptors (Lipinski definition) is 7. The van der Waals surface area contributed by atoms with E-state index in [0.29, 0.717) is 25.9 Å². The summed E-state index contributed by atoms with van der Waals surface area (Å²) < 4.78 is 14.4. The second-order valence-electron chi connectivity index (χ2n) is 7.18. The number of nitrogens with zero attached hydrogens (tertiary/aromatic N) is 5. The Morgan fingerprint density at radius 1 is 1.37 bits per heavy atom. The van der Waals surface area contributed by atoms with Crippen molar-refractivity contribution in [2.24, 2.45) is 5.92 Å². The average Bonchev–Trinajstić information content (AvgIpc) is 2.66. The summed E-state index contributed by atoms with van der Waals surface area (Å²) in [6, 6.07) is -0.0829. The van der Waals surface area contributed by atoms with Gasteiger partial charge in [-0.1, -0.05) is 0 Å². The molecule has 1 aliphatic rings. The van der Waals surface area contributed by atoms with Crippen molar-refractivity contribution in [3.8, 4) is 0 Å². The van der Waals surface area contributed by atoms with Crippen LogP contribution in [-0.2, 0) is 9.59 Å². The molecule has 0 aromatic carbocycles. The highest BCUT2D eigenvalue weighted by molar-refractivity contribution is 5.79. The van der Waals surface area contributed by atoms with Gasteiger partial charge in [-0.3, -0.25) is 4.79 Å². The van der Waals surface area contributed by atoms with E-state index >= 15 is 0 Å². The summed E-state index contributed by atoms with van der Waals surface area (Å²) in [5.74, 6) is -0.721. The molecule has 0 bridgehead atoms. The van der Waals surface area contributed by atoms with Crippen molar-refractivity contribution in [2.75, 3.05) is 51.4 Å². The third-order valence-corrected chi connectivity index (χ3v) is 5.09. The second-order valence-corrected chi connectivity index (χ2v) is 7.18. The number of aromatic nitrogens is 2. The van der Waals surface area contributed by atoms with Gasteiger partial charge in [-0.05, 0) is 32.9 Å². The van der Waals surface area contributed by atoms with Crippen molar-refractivity contribution in [1.82, 2.24) is 19.8 Å². The Labute approximate surface area is 159 Å². The van der Waals surface area contributed by atoms with Crippen LogP contribution in [0.25, 0.3) is 0 Å². The van der Waals surface area contributed by atoms with Gasteiger partial charge >= 0.3 is 0 Å². The predicted molar refractivity (Wildman–Crippen MR) is 102 cm³/mol. The largest absolute Gasteiger partial charge is 0.381 e. The monoisotopic (exact) mass is 380 g/mol. The average molecular weight is 380 g/mol. The maximum absolute atomic E-state index is 14.4. The van der Waals surface area contributed by atoms with Crippen molar-refractivity contribution in [2.45, 2.75) is 31.7 Å².